The number of carbonyl (C=O) groups excluding carboxylic acids is 1. The average molecular weight is 386 g/mol. The number of ether oxygens (including phenoxy) is 1. The van der Waals surface area contributed by atoms with Crippen LogP contribution in [0.15, 0.2) is 42.5 Å². The van der Waals surface area contributed by atoms with Crippen molar-refractivity contribution in [1.29, 1.82) is 0 Å². The molecule has 0 unspecified atom stereocenters. The zero-order chi connectivity index (χ0) is 20.5. The molecule has 0 saturated carbocycles. The van der Waals surface area contributed by atoms with Crippen molar-refractivity contribution in [2.45, 2.75) is 64.0 Å². The molecule has 6 nitrogen and oxygen atoms in total. The lowest BCUT2D eigenvalue weighted by atomic mass is 10.1. The van der Waals surface area contributed by atoms with E-state index in [1.165, 1.54) is 4.90 Å². The number of hydrogen-bond acceptors (Lipinski definition) is 5. The van der Waals surface area contributed by atoms with E-state index in [0.717, 1.165) is 16.5 Å². The van der Waals surface area contributed by atoms with Crippen molar-refractivity contribution in [2.75, 3.05) is 11.9 Å². The highest BCUT2D eigenvalue weighted by molar-refractivity contribution is 5.93. The van der Waals surface area contributed by atoms with Crippen molar-refractivity contribution in [1.82, 2.24) is 4.90 Å². The van der Waals surface area contributed by atoms with Gasteiger partial charge in [0, 0.05) is 17.6 Å². The minimum Gasteiger partial charge on any atom is -0.444 e. The maximum absolute atomic E-state index is 12.6. The number of nitrogens with zero attached hydrogens (tertiary/aromatic N) is 1. The Morgan fingerprint density at radius 2 is 1.79 bits per heavy atom. The maximum Gasteiger partial charge on any atom is 0.410 e. The molecule has 1 aliphatic heterocycles. The van der Waals surface area contributed by atoms with E-state index in [4.69, 9.17) is 4.74 Å². The van der Waals surface area contributed by atoms with Crippen LogP contribution in [0, 0.1) is 0 Å². The lowest BCUT2D eigenvalue weighted by molar-refractivity contribution is 0.00926. The second-order valence-corrected chi connectivity index (χ2v) is 8.42. The lowest BCUT2D eigenvalue weighted by Crippen LogP contribution is -2.46. The van der Waals surface area contributed by atoms with Crippen LogP contribution < -0.4 is 5.32 Å². The smallest absolute Gasteiger partial charge is 0.410 e. The minimum absolute atomic E-state index is 0.491. The van der Waals surface area contributed by atoms with Gasteiger partial charge in [0.15, 0.2) is 0 Å². The molecule has 6 heteroatoms. The molecule has 1 fully saturated rings. The normalized spacial score (nSPS) is 25.1. The van der Waals surface area contributed by atoms with Crippen molar-refractivity contribution in [2.24, 2.45) is 0 Å². The molecule has 28 heavy (non-hydrogen) atoms. The van der Waals surface area contributed by atoms with Crippen LogP contribution in [-0.2, 0) is 4.74 Å². The zero-order valence-electron chi connectivity index (χ0n) is 16.9. The summed E-state index contributed by atoms with van der Waals surface area (Å²) in [7, 11) is 0. The van der Waals surface area contributed by atoms with Crippen LogP contribution in [0.5, 0.6) is 0 Å². The fraction of sp³-hybridized carbons (Fsp3) is 0.500. The Balaban J connectivity index is 1.71. The largest absolute Gasteiger partial charge is 0.444 e. The van der Waals surface area contributed by atoms with Crippen LogP contribution in [0.3, 0.4) is 0 Å². The van der Waals surface area contributed by atoms with Gasteiger partial charge < -0.3 is 20.3 Å². The molecule has 152 valence electrons. The van der Waals surface area contributed by atoms with Gasteiger partial charge in [-0.1, -0.05) is 36.4 Å². The molecule has 3 N–H and O–H groups in total. The molecule has 3 rings (SSSR count). The van der Waals surface area contributed by atoms with Crippen molar-refractivity contribution < 1.29 is 19.7 Å². The first kappa shape index (κ1) is 20.4. The summed E-state index contributed by atoms with van der Waals surface area (Å²) in [5.74, 6) is 0. The SMILES string of the molecule is C[C@H]1[C@@H](O)[C@@H](O)[C@@H](CCNc2cccc3ccccc23)N1C(=O)OC(C)(C)C. The molecule has 1 amide bonds. The van der Waals surface area contributed by atoms with E-state index in [9.17, 15) is 15.0 Å². The Morgan fingerprint density at radius 1 is 1.11 bits per heavy atom. The summed E-state index contributed by atoms with van der Waals surface area (Å²) in [4.78, 5) is 14.1. The van der Waals surface area contributed by atoms with Crippen LogP contribution in [0.25, 0.3) is 10.8 Å². The number of anilines is 1. The van der Waals surface area contributed by atoms with Gasteiger partial charge in [-0.15, -0.1) is 0 Å². The number of nitrogens with one attached hydrogen (secondary N) is 1. The van der Waals surface area contributed by atoms with Gasteiger partial charge >= 0.3 is 6.09 Å². The highest BCUT2D eigenvalue weighted by atomic mass is 16.6. The highest BCUT2D eigenvalue weighted by Crippen LogP contribution is 2.30. The molecular weight excluding hydrogens is 356 g/mol. The molecular formula is C22H30N2O4. The van der Waals surface area contributed by atoms with E-state index in [2.05, 4.69) is 23.5 Å². The van der Waals surface area contributed by atoms with Crippen LogP contribution in [0.1, 0.15) is 34.1 Å². The minimum atomic E-state index is -1.00. The van der Waals surface area contributed by atoms with E-state index in [1.54, 1.807) is 27.7 Å². The monoisotopic (exact) mass is 386 g/mol. The molecule has 2 aromatic carbocycles. The van der Waals surface area contributed by atoms with Crippen molar-refractivity contribution in [3.8, 4) is 0 Å². The third kappa shape index (κ3) is 4.23. The van der Waals surface area contributed by atoms with Crippen LogP contribution in [0.2, 0.25) is 0 Å². The Morgan fingerprint density at radius 3 is 2.50 bits per heavy atom. The molecule has 0 aromatic heterocycles. The van der Waals surface area contributed by atoms with Gasteiger partial charge in [0.25, 0.3) is 0 Å². The highest BCUT2D eigenvalue weighted by Gasteiger charge is 2.48. The summed E-state index contributed by atoms with van der Waals surface area (Å²) in [5.41, 5.74) is 0.365. The molecule has 0 bridgehead atoms. The Bertz CT molecular complexity index is 827. The third-order valence-corrected chi connectivity index (χ3v) is 5.18. The molecule has 4 atom stereocenters. The Labute approximate surface area is 166 Å². The zero-order valence-corrected chi connectivity index (χ0v) is 16.9. The lowest BCUT2D eigenvalue weighted by Gasteiger charge is -2.31. The maximum atomic E-state index is 12.6. The van der Waals surface area contributed by atoms with Gasteiger partial charge in [0.1, 0.15) is 17.8 Å². The summed E-state index contributed by atoms with van der Waals surface area (Å²) in [5, 5.41) is 26.4. The number of fused-ring (bicyclic) bond motifs is 1. The van der Waals surface area contributed by atoms with E-state index in [1.807, 2.05) is 24.3 Å². The molecule has 1 saturated heterocycles. The average Bonchev–Trinajstić information content (AvgIpc) is 2.84. The number of amides is 1. The van der Waals surface area contributed by atoms with Crippen LogP contribution >= 0.6 is 0 Å². The number of carbonyl (C=O) groups is 1. The van der Waals surface area contributed by atoms with Crippen LogP contribution in [0.4, 0.5) is 10.5 Å². The van der Waals surface area contributed by atoms with Gasteiger partial charge in [0.05, 0.1) is 12.1 Å². The number of rotatable bonds is 4. The summed E-state index contributed by atoms with van der Waals surface area (Å²) in [6, 6.07) is 13.2. The predicted octanol–water partition coefficient (Wildman–Crippen LogP) is 3.37. The molecule has 1 aliphatic rings. The molecule has 0 radical (unpaired) electrons. The summed E-state index contributed by atoms with van der Waals surface area (Å²) in [6.45, 7) is 7.69. The van der Waals surface area contributed by atoms with Crippen molar-refractivity contribution >= 4 is 22.6 Å². The quantitative estimate of drug-likeness (QED) is 0.751. The van der Waals surface area contributed by atoms with Gasteiger partial charge in [0.2, 0.25) is 0 Å². The molecule has 2 aromatic rings. The number of benzene rings is 2. The Hall–Kier alpha value is -2.31. The summed E-state index contributed by atoms with van der Waals surface area (Å²) in [6.07, 6.45) is -2.01. The number of hydrogen-bond donors (Lipinski definition) is 3. The third-order valence-electron chi connectivity index (χ3n) is 5.18. The summed E-state index contributed by atoms with van der Waals surface area (Å²) < 4.78 is 5.49. The first-order chi connectivity index (χ1) is 13.2. The standard InChI is InChI=1S/C22H30N2O4/c1-14-19(25)20(26)18(24(14)21(27)28-22(2,3)4)12-13-23-17-11-7-9-15-8-5-6-10-16(15)17/h5-11,14,18-20,23,25-26H,12-13H2,1-4H3/t14-,18+,19+,20-/m0/s1. The van der Waals surface area contributed by atoms with E-state index >= 15 is 0 Å². The molecule has 0 spiro atoms. The first-order valence-corrected chi connectivity index (χ1v) is 9.78. The summed E-state index contributed by atoms with van der Waals surface area (Å²) >= 11 is 0. The fourth-order valence-electron chi connectivity index (χ4n) is 3.80. The molecule has 0 aliphatic carbocycles. The number of aliphatic hydroxyl groups excluding tert-OH is 2. The van der Waals surface area contributed by atoms with Gasteiger partial charge in [-0.3, -0.25) is 4.90 Å². The second-order valence-electron chi connectivity index (χ2n) is 8.42. The molecule has 1 heterocycles. The van der Waals surface area contributed by atoms with Gasteiger partial charge in [-0.25, -0.2) is 4.79 Å². The fourth-order valence-corrected chi connectivity index (χ4v) is 3.80. The number of aliphatic hydroxyl groups is 2. The van der Waals surface area contributed by atoms with E-state index < -0.39 is 36.0 Å². The second kappa shape index (κ2) is 7.97. The van der Waals surface area contributed by atoms with E-state index in [0.29, 0.717) is 13.0 Å². The first-order valence-electron chi connectivity index (χ1n) is 9.78. The van der Waals surface area contributed by atoms with Gasteiger partial charge in [-0.05, 0) is 45.6 Å². The van der Waals surface area contributed by atoms with Crippen molar-refractivity contribution in [3.05, 3.63) is 42.5 Å². The Kier molecular flexibility index (Phi) is 5.82. The van der Waals surface area contributed by atoms with Crippen LogP contribution in [-0.4, -0.2) is 57.6 Å². The topological polar surface area (TPSA) is 82.0 Å². The predicted molar refractivity (Wildman–Crippen MR) is 110 cm³/mol. The van der Waals surface area contributed by atoms with E-state index in [-0.39, 0.29) is 0 Å². The number of likely N-dealkylation sites (tertiary alicyclic amines) is 1. The van der Waals surface area contributed by atoms with Crippen molar-refractivity contribution in [3.63, 3.8) is 0 Å². The van der Waals surface area contributed by atoms with Gasteiger partial charge in [-0.2, -0.15) is 0 Å².